The van der Waals surface area contributed by atoms with Crippen LogP contribution in [0.25, 0.3) is 10.9 Å². The van der Waals surface area contributed by atoms with Gasteiger partial charge in [-0.05, 0) is 19.1 Å². The predicted molar refractivity (Wildman–Crippen MR) is 86.5 cm³/mol. The van der Waals surface area contributed by atoms with Gasteiger partial charge in [-0.3, -0.25) is 0 Å². The number of fused-ring (bicyclic) bond motifs is 1. The van der Waals surface area contributed by atoms with Crippen molar-refractivity contribution in [3.05, 3.63) is 42.2 Å². The maximum absolute atomic E-state index is 4.72. The second kappa shape index (κ2) is 6.13. The first kappa shape index (κ1) is 13.9. The number of para-hydroxylation sites is 1. The van der Waals surface area contributed by atoms with Crippen LogP contribution in [0, 0.1) is 0 Å². The van der Waals surface area contributed by atoms with Crippen molar-refractivity contribution in [1.82, 2.24) is 19.7 Å². The van der Waals surface area contributed by atoms with Gasteiger partial charge in [0, 0.05) is 30.3 Å². The van der Waals surface area contributed by atoms with Gasteiger partial charge in [0.25, 0.3) is 0 Å². The summed E-state index contributed by atoms with van der Waals surface area (Å²) in [6.45, 7) is 2.93. The third-order valence-corrected chi connectivity index (χ3v) is 4.26. The van der Waals surface area contributed by atoms with Gasteiger partial charge in [-0.15, -0.1) is 0 Å². The highest BCUT2D eigenvalue weighted by molar-refractivity contribution is 7.98. The number of hydrogen-bond donors (Lipinski definition) is 1. The number of aryl methyl sites for hydroxylation is 1. The Kier molecular flexibility index (Phi) is 4.06. The molecule has 0 aliphatic carbocycles. The molecule has 0 amide bonds. The van der Waals surface area contributed by atoms with E-state index in [1.165, 1.54) is 5.56 Å². The van der Waals surface area contributed by atoms with Crippen LogP contribution in [-0.4, -0.2) is 26.3 Å². The van der Waals surface area contributed by atoms with Crippen LogP contribution in [0.15, 0.2) is 41.8 Å². The normalized spacial score (nSPS) is 11.0. The molecule has 1 N–H and O–H groups in total. The van der Waals surface area contributed by atoms with Crippen LogP contribution < -0.4 is 5.32 Å². The van der Waals surface area contributed by atoms with Crippen molar-refractivity contribution >= 4 is 28.5 Å². The van der Waals surface area contributed by atoms with E-state index in [9.17, 15) is 0 Å². The molecule has 3 rings (SSSR count). The first-order valence-corrected chi connectivity index (χ1v) is 7.86. The monoisotopic (exact) mass is 299 g/mol. The third-order valence-electron chi connectivity index (χ3n) is 3.17. The molecule has 0 radical (unpaired) electrons. The van der Waals surface area contributed by atoms with Crippen LogP contribution in [0.4, 0.5) is 5.82 Å². The summed E-state index contributed by atoms with van der Waals surface area (Å²) in [6.07, 6.45) is 1.58. The van der Waals surface area contributed by atoms with Crippen LogP contribution in [0.5, 0.6) is 0 Å². The number of thioether (sulfide) groups is 1. The Bertz CT molecular complexity index is 753. The van der Waals surface area contributed by atoms with E-state index in [4.69, 9.17) is 4.98 Å². The zero-order chi connectivity index (χ0) is 14.7. The van der Waals surface area contributed by atoms with Gasteiger partial charge in [-0.2, -0.15) is 5.10 Å². The van der Waals surface area contributed by atoms with E-state index in [0.29, 0.717) is 0 Å². The summed E-state index contributed by atoms with van der Waals surface area (Å²) in [4.78, 5) is 8.96. The zero-order valence-electron chi connectivity index (χ0n) is 12.1. The molecule has 0 saturated heterocycles. The molecule has 3 aromatic rings. The van der Waals surface area contributed by atoms with E-state index in [-0.39, 0.29) is 0 Å². The standard InChI is InChI=1S/C15H17N5S/c1-3-16-14-12(9-21-15-17-10-18-20(15)2)8-11-6-4-5-7-13(11)19-14/h4-8,10H,3,9H2,1-2H3,(H,16,19). The fraction of sp³-hybridized carbons (Fsp3) is 0.267. The predicted octanol–water partition coefficient (Wildman–Crippen LogP) is 3.09. The van der Waals surface area contributed by atoms with Crippen LogP contribution in [0.2, 0.25) is 0 Å². The number of nitrogens with one attached hydrogen (secondary N) is 1. The van der Waals surface area contributed by atoms with E-state index >= 15 is 0 Å². The number of pyridine rings is 1. The van der Waals surface area contributed by atoms with Gasteiger partial charge >= 0.3 is 0 Å². The molecular weight excluding hydrogens is 282 g/mol. The smallest absolute Gasteiger partial charge is 0.186 e. The molecule has 6 heteroatoms. The fourth-order valence-corrected chi connectivity index (χ4v) is 3.01. The maximum atomic E-state index is 4.72. The van der Waals surface area contributed by atoms with Crippen molar-refractivity contribution in [2.24, 2.45) is 7.05 Å². The van der Waals surface area contributed by atoms with Gasteiger partial charge < -0.3 is 5.32 Å². The fourth-order valence-electron chi connectivity index (χ4n) is 2.15. The lowest BCUT2D eigenvalue weighted by Crippen LogP contribution is -2.03. The number of aromatic nitrogens is 4. The summed E-state index contributed by atoms with van der Waals surface area (Å²) in [7, 11) is 1.90. The molecule has 0 spiro atoms. The van der Waals surface area contributed by atoms with E-state index in [2.05, 4.69) is 34.5 Å². The highest BCUT2D eigenvalue weighted by atomic mass is 32.2. The molecule has 0 atom stereocenters. The minimum atomic E-state index is 0.812. The van der Waals surface area contributed by atoms with Gasteiger partial charge in [-0.25, -0.2) is 14.6 Å². The molecule has 0 aliphatic rings. The van der Waals surface area contributed by atoms with Crippen LogP contribution in [0.3, 0.4) is 0 Å². The van der Waals surface area contributed by atoms with Crippen molar-refractivity contribution < 1.29 is 0 Å². The summed E-state index contributed by atoms with van der Waals surface area (Å²) >= 11 is 1.66. The molecule has 2 aromatic heterocycles. The van der Waals surface area contributed by atoms with Crippen molar-refractivity contribution in [3.63, 3.8) is 0 Å². The summed E-state index contributed by atoms with van der Waals surface area (Å²) in [5.41, 5.74) is 2.20. The van der Waals surface area contributed by atoms with Gasteiger partial charge in [0.05, 0.1) is 5.52 Å². The molecule has 2 heterocycles. The van der Waals surface area contributed by atoms with Crippen molar-refractivity contribution in [3.8, 4) is 0 Å². The van der Waals surface area contributed by atoms with Gasteiger partial charge in [-0.1, -0.05) is 30.0 Å². The molecule has 5 nitrogen and oxygen atoms in total. The second-order valence-electron chi connectivity index (χ2n) is 4.67. The Morgan fingerprint density at radius 1 is 1.29 bits per heavy atom. The topological polar surface area (TPSA) is 55.6 Å². The van der Waals surface area contributed by atoms with Crippen LogP contribution >= 0.6 is 11.8 Å². The molecule has 108 valence electrons. The average molecular weight is 299 g/mol. The molecular formula is C15H17N5S. The van der Waals surface area contributed by atoms with E-state index in [0.717, 1.165) is 34.2 Å². The van der Waals surface area contributed by atoms with Gasteiger partial charge in [0.2, 0.25) is 0 Å². The van der Waals surface area contributed by atoms with Crippen molar-refractivity contribution in [2.45, 2.75) is 17.8 Å². The maximum Gasteiger partial charge on any atom is 0.186 e. The number of rotatable bonds is 5. The van der Waals surface area contributed by atoms with Gasteiger partial charge in [0.15, 0.2) is 5.16 Å². The lowest BCUT2D eigenvalue weighted by molar-refractivity contribution is 0.685. The van der Waals surface area contributed by atoms with E-state index < -0.39 is 0 Å². The number of benzene rings is 1. The number of hydrogen-bond acceptors (Lipinski definition) is 5. The molecule has 0 aliphatic heterocycles. The lowest BCUT2D eigenvalue weighted by atomic mass is 10.1. The first-order valence-electron chi connectivity index (χ1n) is 6.87. The summed E-state index contributed by atoms with van der Waals surface area (Å²) in [6, 6.07) is 10.4. The van der Waals surface area contributed by atoms with E-state index in [1.54, 1.807) is 22.8 Å². The van der Waals surface area contributed by atoms with Crippen molar-refractivity contribution in [1.29, 1.82) is 0 Å². The highest BCUT2D eigenvalue weighted by Gasteiger charge is 2.09. The largest absolute Gasteiger partial charge is 0.370 e. The Hall–Kier alpha value is -2.08. The molecule has 0 unspecified atom stereocenters. The number of anilines is 1. The average Bonchev–Trinajstić information content (AvgIpc) is 2.90. The zero-order valence-corrected chi connectivity index (χ0v) is 12.9. The summed E-state index contributed by atoms with van der Waals surface area (Å²) < 4.78 is 1.78. The minimum absolute atomic E-state index is 0.812. The van der Waals surface area contributed by atoms with Crippen LogP contribution in [-0.2, 0) is 12.8 Å². The molecule has 0 bridgehead atoms. The van der Waals surface area contributed by atoms with Crippen LogP contribution in [0.1, 0.15) is 12.5 Å². The van der Waals surface area contributed by atoms with E-state index in [1.807, 2.05) is 25.2 Å². The summed E-state index contributed by atoms with van der Waals surface area (Å²) in [5, 5.41) is 9.50. The highest BCUT2D eigenvalue weighted by Crippen LogP contribution is 2.27. The Labute approximate surface area is 127 Å². The van der Waals surface area contributed by atoms with Gasteiger partial charge in [0.1, 0.15) is 12.1 Å². The minimum Gasteiger partial charge on any atom is -0.370 e. The second-order valence-corrected chi connectivity index (χ2v) is 5.62. The Morgan fingerprint density at radius 2 is 2.14 bits per heavy atom. The molecule has 0 saturated carbocycles. The molecule has 0 fully saturated rings. The number of nitrogens with zero attached hydrogens (tertiary/aromatic N) is 4. The Balaban J connectivity index is 1.91. The Morgan fingerprint density at radius 3 is 2.90 bits per heavy atom. The lowest BCUT2D eigenvalue weighted by Gasteiger charge is -2.11. The third kappa shape index (κ3) is 3.00. The van der Waals surface area contributed by atoms with Crippen molar-refractivity contribution in [2.75, 3.05) is 11.9 Å². The SMILES string of the molecule is CCNc1nc2ccccc2cc1CSc1ncnn1C. The quantitative estimate of drug-likeness (QED) is 0.734. The molecule has 1 aromatic carbocycles. The molecule has 21 heavy (non-hydrogen) atoms. The first-order chi connectivity index (χ1) is 10.3. The summed E-state index contributed by atoms with van der Waals surface area (Å²) in [5.74, 6) is 1.76.